The fourth-order valence-corrected chi connectivity index (χ4v) is 2.43. The van der Waals surface area contributed by atoms with E-state index in [9.17, 15) is 0 Å². The van der Waals surface area contributed by atoms with E-state index < -0.39 is 0 Å². The summed E-state index contributed by atoms with van der Waals surface area (Å²) >= 11 is 0. The maximum absolute atomic E-state index is 5.78. The van der Waals surface area contributed by atoms with Crippen molar-refractivity contribution in [1.82, 2.24) is 10.2 Å². The highest BCUT2D eigenvalue weighted by molar-refractivity contribution is 5.33. The first-order valence-corrected chi connectivity index (χ1v) is 7.54. The second kappa shape index (κ2) is 8.18. The number of hydrogen-bond acceptors (Lipinski definition) is 3. The molecule has 0 amide bonds. The van der Waals surface area contributed by atoms with Crippen LogP contribution in [0.5, 0.6) is 5.75 Å². The van der Waals surface area contributed by atoms with Crippen molar-refractivity contribution in [2.45, 2.75) is 32.7 Å². The van der Waals surface area contributed by atoms with E-state index in [1.165, 1.54) is 24.8 Å². The summed E-state index contributed by atoms with van der Waals surface area (Å²) in [7, 11) is 0. The van der Waals surface area contributed by atoms with E-state index in [-0.39, 0.29) is 0 Å². The lowest BCUT2D eigenvalue weighted by Gasteiger charge is -2.19. The van der Waals surface area contributed by atoms with Crippen molar-refractivity contribution in [3.63, 3.8) is 0 Å². The summed E-state index contributed by atoms with van der Waals surface area (Å²) in [5.41, 5.74) is 1.31. The van der Waals surface area contributed by atoms with Crippen LogP contribution in [0.25, 0.3) is 0 Å². The van der Waals surface area contributed by atoms with E-state index in [4.69, 9.17) is 4.74 Å². The van der Waals surface area contributed by atoms with Crippen LogP contribution in [0.15, 0.2) is 24.3 Å². The number of rotatable bonds is 7. The molecule has 2 rings (SSSR count). The lowest BCUT2D eigenvalue weighted by Crippen LogP contribution is -2.33. The second-order valence-electron chi connectivity index (χ2n) is 5.19. The average molecular weight is 262 g/mol. The van der Waals surface area contributed by atoms with Crippen molar-refractivity contribution in [1.29, 1.82) is 0 Å². The third-order valence-corrected chi connectivity index (χ3v) is 3.59. The fraction of sp³-hybridized carbons (Fsp3) is 0.625. The number of ether oxygens (including phenoxy) is 1. The minimum Gasteiger partial charge on any atom is -0.492 e. The molecule has 3 nitrogen and oxygen atoms in total. The molecule has 106 valence electrons. The van der Waals surface area contributed by atoms with Gasteiger partial charge in [0.2, 0.25) is 0 Å². The van der Waals surface area contributed by atoms with Gasteiger partial charge >= 0.3 is 0 Å². The summed E-state index contributed by atoms with van der Waals surface area (Å²) in [5.74, 6) is 1.06. The Morgan fingerprint density at radius 1 is 1.21 bits per heavy atom. The van der Waals surface area contributed by atoms with E-state index in [0.29, 0.717) is 0 Å². The van der Waals surface area contributed by atoms with Crippen molar-refractivity contribution >= 4 is 0 Å². The zero-order valence-corrected chi connectivity index (χ0v) is 12.0. The van der Waals surface area contributed by atoms with Gasteiger partial charge in [-0.25, -0.2) is 0 Å². The number of benzene rings is 1. The van der Waals surface area contributed by atoms with Gasteiger partial charge in [-0.2, -0.15) is 0 Å². The molecule has 0 aliphatic carbocycles. The summed E-state index contributed by atoms with van der Waals surface area (Å²) in [6, 6.07) is 8.38. The molecule has 1 aromatic rings. The first-order valence-electron chi connectivity index (χ1n) is 7.54. The molecule has 0 saturated carbocycles. The van der Waals surface area contributed by atoms with Crippen LogP contribution < -0.4 is 10.1 Å². The van der Waals surface area contributed by atoms with Crippen LogP contribution in [0.1, 0.15) is 31.7 Å². The number of nitrogens with one attached hydrogen (secondary N) is 1. The van der Waals surface area contributed by atoms with Crippen molar-refractivity contribution in [3.05, 3.63) is 29.8 Å². The highest BCUT2D eigenvalue weighted by Gasteiger charge is 2.13. The van der Waals surface area contributed by atoms with Gasteiger partial charge in [0.05, 0.1) is 0 Å². The molecule has 1 heterocycles. The van der Waals surface area contributed by atoms with Gasteiger partial charge in [0.25, 0.3) is 0 Å². The van der Waals surface area contributed by atoms with Gasteiger partial charge in [0.15, 0.2) is 0 Å². The lowest BCUT2D eigenvalue weighted by atomic mass is 10.2. The highest BCUT2D eigenvalue weighted by Crippen LogP contribution is 2.21. The first kappa shape index (κ1) is 14.4. The monoisotopic (exact) mass is 262 g/mol. The van der Waals surface area contributed by atoms with Gasteiger partial charge in [0, 0.05) is 31.7 Å². The van der Waals surface area contributed by atoms with Crippen LogP contribution in [-0.4, -0.2) is 37.7 Å². The molecule has 1 N–H and O–H groups in total. The molecular weight excluding hydrogens is 236 g/mol. The van der Waals surface area contributed by atoms with Crippen molar-refractivity contribution in [2.75, 3.05) is 32.8 Å². The van der Waals surface area contributed by atoms with Crippen molar-refractivity contribution in [3.8, 4) is 5.75 Å². The standard InChI is InChI=1S/C16H26N2O/c1-2-3-6-9-17-10-11-18-12-13-19-16-8-5-4-7-15(16)14-18/h4-5,7-8,17H,2-3,6,9-14H2,1H3. The Morgan fingerprint density at radius 2 is 2.11 bits per heavy atom. The molecule has 1 aliphatic rings. The third-order valence-electron chi connectivity index (χ3n) is 3.59. The maximum atomic E-state index is 5.78. The lowest BCUT2D eigenvalue weighted by molar-refractivity contribution is 0.226. The zero-order chi connectivity index (χ0) is 13.3. The van der Waals surface area contributed by atoms with Crippen LogP contribution in [0, 0.1) is 0 Å². The van der Waals surface area contributed by atoms with Gasteiger partial charge in [-0.1, -0.05) is 38.0 Å². The zero-order valence-electron chi connectivity index (χ0n) is 12.0. The highest BCUT2D eigenvalue weighted by atomic mass is 16.5. The van der Waals surface area contributed by atoms with Crippen molar-refractivity contribution < 1.29 is 4.74 Å². The molecule has 0 spiro atoms. The van der Waals surface area contributed by atoms with Gasteiger partial charge in [-0.05, 0) is 19.0 Å². The second-order valence-corrected chi connectivity index (χ2v) is 5.19. The molecule has 3 heteroatoms. The van der Waals surface area contributed by atoms with Crippen molar-refractivity contribution in [2.24, 2.45) is 0 Å². The summed E-state index contributed by atoms with van der Waals surface area (Å²) in [4.78, 5) is 2.47. The first-order chi connectivity index (χ1) is 9.40. The molecule has 0 bridgehead atoms. The number of para-hydroxylation sites is 1. The van der Waals surface area contributed by atoms with Gasteiger partial charge in [-0.3, -0.25) is 4.90 Å². The molecule has 0 fully saturated rings. The van der Waals surface area contributed by atoms with Crippen LogP contribution >= 0.6 is 0 Å². The molecular formula is C16H26N2O. The molecule has 0 unspecified atom stereocenters. The third kappa shape index (κ3) is 4.84. The van der Waals surface area contributed by atoms with Crippen LogP contribution in [0.4, 0.5) is 0 Å². The predicted octanol–water partition coefficient (Wildman–Crippen LogP) is 2.66. The largest absolute Gasteiger partial charge is 0.492 e. The normalized spacial score (nSPS) is 15.6. The Morgan fingerprint density at radius 3 is 3.00 bits per heavy atom. The number of unbranched alkanes of at least 4 members (excludes halogenated alkanes) is 2. The molecule has 19 heavy (non-hydrogen) atoms. The molecule has 1 aromatic carbocycles. The SMILES string of the molecule is CCCCCNCCN1CCOc2ccccc2C1. The minimum absolute atomic E-state index is 0.798. The molecule has 0 aromatic heterocycles. The van der Waals surface area contributed by atoms with Crippen LogP contribution in [0.3, 0.4) is 0 Å². The Hall–Kier alpha value is -1.06. The molecule has 0 radical (unpaired) electrons. The summed E-state index contributed by atoms with van der Waals surface area (Å²) in [6.45, 7) is 8.39. The molecule has 1 aliphatic heterocycles. The van der Waals surface area contributed by atoms with Crippen LogP contribution in [0.2, 0.25) is 0 Å². The Balaban J connectivity index is 1.70. The fourth-order valence-electron chi connectivity index (χ4n) is 2.43. The van der Waals surface area contributed by atoms with E-state index >= 15 is 0 Å². The van der Waals surface area contributed by atoms with Gasteiger partial charge in [-0.15, -0.1) is 0 Å². The molecule has 0 saturated heterocycles. The minimum atomic E-state index is 0.798. The van der Waals surface area contributed by atoms with E-state index in [2.05, 4.69) is 35.3 Å². The quantitative estimate of drug-likeness (QED) is 0.765. The van der Waals surface area contributed by atoms with E-state index in [0.717, 1.165) is 45.1 Å². The summed E-state index contributed by atoms with van der Waals surface area (Å²) in [6.07, 6.45) is 3.92. The Bertz CT molecular complexity index is 368. The molecule has 0 atom stereocenters. The van der Waals surface area contributed by atoms with Gasteiger partial charge in [0.1, 0.15) is 12.4 Å². The maximum Gasteiger partial charge on any atom is 0.123 e. The number of nitrogens with zero attached hydrogens (tertiary/aromatic N) is 1. The van der Waals surface area contributed by atoms with E-state index in [1.54, 1.807) is 0 Å². The Labute approximate surface area is 116 Å². The topological polar surface area (TPSA) is 24.5 Å². The number of fused-ring (bicyclic) bond motifs is 1. The van der Waals surface area contributed by atoms with Gasteiger partial charge < -0.3 is 10.1 Å². The summed E-state index contributed by atoms with van der Waals surface area (Å²) < 4.78 is 5.78. The average Bonchev–Trinajstić information content (AvgIpc) is 2.64. The Kier molecular flexibility index (Phi) is 6.18. The van der Waals surface area contributed by atoms with E-state index in [1.807, 2.05) is 6.07 Å². The number of hydrogen-bond donors (Lipinski definition) is 1. The van der Waals surface area contributed by atoms with Crippen LogP contribution in [-0.2, 0) is 6.54 Å². The predicted molar refractivity (Wildman–Crippen MR) is 79.6 cm³/mol. The summed E-state index contributed by atoms with van der Waals surface area (Å²) in [5, 5.41) is 3.53. The smallest absolute Gasteiger partial charge is 0.123 e.